The molecule has 126 valence electrons. The van der Waals surface area contributed by atoms with Crippen LogP contribution in [0.2, 0.25) is 0 Å². The van der Waals surface area contributed by atoms with Gasteiger partial charge >= 0.3 is 6.18 Å². The van der Waals surface area contributed by atoms with Crippen molar-refractivity contribution in [2.75, 3.05) is 0 Å². The molecule has 0 aliphatic rings. The topological polar surface area (TPSA) is 72.2 Å². The number of nitro groups is 1. The Morgan fingerprint density at radius 2 is 1.79 bits per heavy atom. The van der Waals surface area contributed by atoms with E-state index in [4.69, 9.17) is 0 Å². The maximum Gasteiger partial charge on any atom is 0.416 e. The number of para-hydroxylation sites is 1. The first-order valence-electron chi connectivity index (χ1n) is 6.88. The lowest BCUT2D eigenvalue weighted by Gasteiger charge is -2.09. The summed E-state index contributed by atoms with van der Waals surface area (Å²) in [5.74, 6) is -0.662. The second kappa shape index (κ2) is 6.69. The van der Waals surface area contributed by atoms with Crippen LogP contribution in [-0.2, 0) is 12.7 Å². The zero-order valence-corrected chi connectivity index (χ0v) is 12.6. The molecule has 2 rings (SSSR count). The van der Waals surface area contributed by atoms with Gasteiger partial charge in [0.25, 0.3) is 11.6 Å². The average Bonchev–Trinajstić information content (AvgIpc) is 2.51. The third kappa shape index (κ3) is 3.89. The number of alkyl halides is 3. The minimum Gasteiger partial charge on any atom is -0.348 e. The van der Waals surface area contributed by atoms with Crippen molar-refractivity contribution in [2.45, 2.75) is 19.6 Å². The maximum absolute atomic E-state index is 12.5. The zero-order valence-electron chi connectivity index (χ0n) is 12.6. The molecule has 1 amide bonds. The molecule has 2 aromatic rings. The van der Waals surface area contributed by atoms with Crippen molar-refractivity contribution in [2.24, 2.45) is 0 Å². The Bertz CT molecular complexity index is 771. The molecular formula is C16H13F3N2O3. The number of rotatable bonds is 4. The van der Waals surface area contributed by atoms with E-state index in [9.17, 15) is 28.1 Å². The Kier molecular flexibility index (Phi) is 4.87. The molecule has 0 bridgehead atoms. The highest BCUT2D eigenvalue weighted by Gasteiger charge is 2.30. The van der Waals surface area contributed by atoms with Gasteiger partial charge in [0.05, 0.1) is 10.5 Å². The van der Waals surface area contributed by atoms with E-state index in [0.29, 0.717) is 11.1 Å². The number of carbonyl (C=O) groups is 1. The van der Waals surface area contributed by atoms with Crippen LogP contribution < -0.4 is 5.32 Å². The quantitative estimate of drug-likeness (QED) is 0.680. The van der Waals surface area contributed by atoms with E-state index in [-0.39, 0.29) is 17.8 Å². The number of aryl methyl sites for hydroxylation is 1. The number of hydrogen-bond donors (Lipinski definition) is 1. The number of hydrogen-bond acceptors (Lipinski definition) is 3. The third-order valence-corrected chi connectivity index (χ3v) is 3.40. The predicted molar refractivity (Wildman–Crippen MR) is 80.4 cm³/mol. The normalized spacial score (nSPS) is 11.2. The van der Waals surface area contributed by atoms with E-state index in [1.54, 1.807) is 0 Å². The van der Waals surface area contributed by atoms with Crippen molar-refractivity contribution in [3.8, 4) is 0 Å². The Labute approximate surface area is 135 Å². The van der Waals surface area contributed by atoms with Gasteiger partial charge in [0, 0.05) is 12.1 Å². The van der Waals surface area contributed by atoms with Crippen molar-refractivity contribution in [3.05, 3.63) is 74.8 Å². The average molecular weight is 338 g/mol. The van der Waals surface area contributed by atoms with Gasteiger partial charge in [-0.3, -0.25) is 14.9 Å². The molecular weight excluding hydrogens is 325 g/mol. The molecule has 1 N–H and O–H groups in total. The van der Waals surface area contributed by atoms with Crippen molar-refractivity contribution in [3.63, 3.8) is 0 Å². The van der Waals surface area contributed by atoms with Crippen molar-refractivity contribution in [1.82, 2.24) is 5.32 Å². The third-order valence-electron chi connectivity index (χ3n) is 3.40. The molecule has 0 heterocycles. The molecule has 0 aliphatic heterocycles. The minimum absolute atomic E-state index is 0.0396. The molecule has 8 heteroatoms. The number of amides is 1. The van der Waals surface area contributed by atoms with Crippen LogP contribution >= 0.6 is 0 Å². The van der Waals surface area contributed by atoms with E-state index in [1.807, 2.05) is 0 Å². The fourth-order valence-corrected chi connectivity index (χ4v) is 2.17. The number of halogens is 3. The Morgan fingerprint density at radius 1 is 1.17 bits per heavy atom. The summed E-state index contributed by atoms with van der Waals surface area (Å²) in [4.78, 5) is 22.6. The van der Waals surface area contributed by atoms with E-state index in [1.165, 1.54) is 37.3 Å². The van der Waals surface area contributed by atoms with E-state index in [0.717, 1.165) is 12.1 Å². The first kappa shape index (κ1) is 17.5. The van der Waals surface area contributed by atoms with E-state index < -0.39 is 22.6 Å². The summed E-state index contributed by atoms with van der Waals surface area (Å²) in [5, 5.41) is 13.5. The van der Waals surface area contributed by atoms with Crippen molar-refractivity contribution >= 4 is 11.6 Å². The van der Waals surface area contributed by atoms with Crippen LogP contribution in [0, 0.1) is 17.0 Å². The largest absolute Gasteiger partial charge is 0.416 e. The van der Waals surface area contributed by atoms with Gasteiger partial charge in [-0.25, -0.2) is 0 Å². The van der Waals surface area contributed by atoms with Gasteiger partial charge < -0.3 is 5.32 Å². The van der Waals surface area contributed by atoms with Gasteiger partial charge in [-0.05, 0) is 30.7 Å². The van der Waals surface area contributed by atoms with Gasteiger partial charge in [0.1, 0.15) is 5.56 Å². The van der Waals surface area contributed by atoms with Gasteiger partial charge in [-0.15, -0.1) is 0 Å². The van der Waals surface area contributed by atoms with Crippen LogP contribution in [0.4, 0.5) is 18.9 Å². The minimum atomic E-state index is -4.43. The first-order valence-corrected chi connectivity index (χ1v) is 6.88. The molecule has 2 aromatic carbocycles. The van der Waals surface area contributed by atoms with Crippen LogP contribution in [0.3, 0.4) is 0 Å². The second-order valence-electron chi connectivity index (χ2n) is 5.11. The monoisotopic (exact) mass is 338 g/mol. The highest BCUT2D eigenvalue weighted by Crippen LogP contribution is 2.29. The Morgan fingerprint density at radius 3 is 2.33 bits per heavy atom. The number of benzene rings is 2. The fraction of sp³-hybridized carbons (Fsp3) is 0.188. The highest BCUT2D eigenvalue weighted by molar-refractivity contribution is 5.98. The van der Waals surface area contributed by atoms with Crippen molar-refractivity contribution in [1.29, 1.82) is 0 Å². The van der Waals surface area contributed by atoms with Crippen LogP contribution in [0.1, 0.15) is 27.0 Å². The molecule has 24 heavy (non-hydrogen) atoms. The summed E-state index contributed by atoms with van der Waals surface area (Å²) in [6.07, 6.45) is -4.43. The van der Waals surface area contributed by atoms with Gasteiger partial charge in [0.2, 0.25) is 0 Å². The lowest BCUT2D eigenvalue weighted by atomic mass is 10.1. The number of carbonyl (C=O) groups excluding carboxylic acids is 1. The summed E-state index contributed by atoms with van der Waals surface area (Å²) in [6, 6.07) is 8.68. The molecule has 0 aromatic heterocycles. The Hall–Kier alpha value is -2.90. The molecule has 0 saturated heterocycles. The molecule has 0 aliphatic carbocycles. The molecule has 0 unspecified atom stereocenters. The van der Waals surface area contributed by atoms with Crippen molar-refractivity contribution < 1.29 is 22.9 Å². The Balaban J connectivity index is 2.12. The molecule has 0 spiro atoms. The standard InChI is InChI=1S/C16H13F3N2O3/c1-10-3-2-4-13(14(10)21(23)24)15(22)20-9-11-5-7-12(8-6-11)16(17,18)19/h2-8H,9H2,1H3,(H,20,22). The van der Waals surface area contributed by atoms with Crippen LogP contribution in [0.15, 0.2) is 42.5 Å². The first-order chi connectivity index (χ1) is 11.2. The lowest BCUT2D eigenvalue weighted by molar-refractivity contribution is -0.385. The van der Waals surface area contributed by atoms with Crippen LogP contribution in [-0.4, -0.2) is 10.8 Å². The fourth-order valence-electron chi connectivity index (χ4n) is 2.17. The predicted octanol–water partition coefficient (Wildman–Crippen LogP) is 3.85. The molecule has 5 nitrogen and oxygen atoms in total. The van der Waals surface area contributed by atoms with Crippen LogP contribution in [0.5, 0.6) is 0 Å². The summed E-state index contributed by atoms with van der Waals surface area (Å²) in [6.45, 7) is 1.48. The summed E-state index contributed by atoms with van der Waals surface area (Å²) >= 11 is 0. The van der Waals surface area contributed by atoms with Crippen LogP contribution in [0.25, 0.3) is 0 Å². The number of nitrogens with one attached hydrogen (secondary N) is 1. The number of nitro benzene ring substituents is 1. The summed E-state index contributed by atoms with van der Waals surface area (Å²) in [5.41, 5.74) is -0.366. The van der Waals surface area contributed by atoms with E-state index in [2.05, 4.69) is 5.32 Å². The molecule has 0 fully saturated rings. The summed E-state index contributed by atoms with van der Waals surface area (Å²) < 4.78 is 37.4. The van der Waals surface area contributed by atoms with Gasteiger partial charge in [0.15, 0.2) is 0 Å². The SMILES string of the molecule is Cc1cccc(C(=O)NCc2ccc(C(F)(F)F)cc2)c1[N+](=O)[O-]. The van der Waals surface area contributed by atoms with Gasteiger partial charge in [-0.2, -0.15) is 13.2 Å². The van der Waals surface area contributed by atoms with Gasteiger partial charge in [-0.1, -0.05) is 24.3 Å². The van der Waals surface area contributed by atoms with E-state index >= 15 is 0 Å². The molecule has 0 atom stereocenters. The second-order valence-corrected chi connectivity index (χ2v) is 5.11. The summed E-state index contributed by atoms with van der Waals surface area (Å²) in [7, 11) is 0. The molecule has 0 saturated carbocycles. The highest BCUT2D eigenvalue weighted by atomic mass is 19.4. The number of nitrogens with zero attached hydrogens (tertiary/aromatic N) is 1. The maximum atomic E-state index is 12.5. The zero-order chi connectivity index (χ0) is 17.9. The lowest BCUT2D eigenvalue weighted by Crippen LogP contribution is -2.24. The molecule has 0 radical (unpaired) electrons. The smallest absolute Gasteiger partial charge is 0.348 e.